The summed E-state index contributed by atoms with van der Waals surface area (Å²) in [4.78, 5) is 36.8. The van der Waals surface area contributed by atoms with Gasteiger partial charge in [-0.25, -0.2) is 14.8 Å². The zero-order valence-corrected chi connectivity index (χ0v) is 24.7. The lowest BCUT2D eigenvalue weighted by atomic mass is 9.92. The second-order valence-corrected chi connectivity index (χ2v) is 12.0. The number of carbonyl (C=O) groups excluding carboxylic acids is 2. The van der Waals surface area contributed by atoms with E-state index in [1.165, 1.54) is 0 Å². The van der Waals surface area contributed by atoms with Crippen LogP contribution in [0.5, 0.6) is 0 Å². The standard InChI is InChI=1S/C31H36N4O4S/c1-21-20-40-26(33-21)19-35(6)27(36)24-14-10-13-23(17-24)25-15-16-32-28(38-25)31(5,18-22-11-8-7-9-12-22)34-29(37)39-30(2,3)4/h7-15,17,20H,16,18-19H2,1-6H3,(H,34,37). The molecule has 40 heavy (non-hydrogen) atoms. The number of amides is 2. The van der Waals surface area contributed by atoms with Gasteiger partial charge in [-0.1, -0.05) is 42.5 Å². The number of nitrogens with zero attached hydrogens (tertiary/aromatic N) is 3. The lowest BCUT2D eigenvalue weighted by Crippen LogP contribution is -2.56. The van der Waals surface area contributed by atoms with Crippen LogP contribution in [0, 0.1) is 6.92 Å². The van der Waals surface area contributed by atoms with Crippen molar-refractivity contribution >= 4 is 35.0 Å². The predicted molar refractivity (Wildman–Crippen MR) is 158 cm³/mol. The summed E-state index contributed by atoms with van der Waals surface area (Å²) >= 11 is 1.54. The summed E-state index contributed by atoms with van der Waals surface area (Å²) < 4.78 is 11.9. The molecule has 2 aromatic carbocycles. The number of hydrogen-bond acceptors (Lipinski definition) is 7. The number of aliphatic imine (C=N–C) groups is 1. The van der Waals surface area contributed by atoms with Crippen LogP contribution in [0.1, 0.15) is 59.9 Å². The van der Waals surface area contributed by atoms with Crippen molar-refractivity contribution in [2.75, 3.05) is 13.6 Å². The lowest BCUT2D eigenvalue weighted by Gasteiger charge is -2.34. The highest BCUT2D eigenvalue weighted by atomic mass is 32.1. The first-order chi connectivity index (χ1) is 18.9. The van der Waals surface area contributed by atoms with Crippen molar-refractivity contribution in [3.05, 3.63) is 93.4 Å². The highest BCUT2D eigenvalue weighted by molar-refractivity contribution is 7.09. The molecule has 0 aliphatic carbocycles. The van der Waals surface area contributed by atoms with Crippen molar-refractivity contribution in [3.8, 4) is 0 Å². The van der Waals surface area contributed by atoms with Gasteiger partial charge >= 0.3 is 6.09 Å². The molecule has 1 aliphatic rings. The molecule has 8 nitrogen and oxygen atoms in total. The normalized spacial score (nSPS) is 14.8. The molecule has 0 saturated heterocycles. The Kier molecular flexibility index (Phi) is 8.73. The van der Waals surface area contributed by atoms with Crippen LogP contribution in [-0.4, -0.2) is 52.5 Å². The van der Waals surface area contributed by atoms with E-state index in [1.807, 2.05) is 94.6 Å². The predicted octanol–water partition coefficient (Wildman–Crippen LogP) is 6.02. The maximum absolute atomic E-state index is 13.2. The van der Waals surface area contributed by atoms with Crippen molar-refractivity contribution in [1.82, 2.24) is 15.2 Å². The number of alkyl carbamates (subject to hydrolysis) is 1. The smallest absolute Gasteiger partial charge is 0.408 e. The van der Waals surface area contributed by atoms with Gasteiger partial charge in [-0.05, 0) is 58.4 Å². The largest absolute Gasteiger partial charge is 0.444 e. The van der Waals surface area contributed by atoms with Crippen molar-refractivity contribution in [2.45, 2.75) is 58.7 Å². The quantitative estimate of drug-likeness (QED) is 0.364. The molecule has 4 rings (SSSR count). The second kappa shape index (κ2) is 12.0. The van der Waals surface area contributed by atoms with Gasteiger partial charge in [0, 0.05) is 35.7 Å². The fourth-order valence-corrected chi connectivity index (χ4v) is 5.16. The van der Waals surface area contributed by atoms with Crippen LogP contribution in [0.4, 0.5) is 4.79 Å². The summed E-state index contributed by atoms with van der Waals surface area (Å²) in [7, 11) is 1.77. The van der Waals surface area contributed by atoms with E-state index in [1.54, 1.807) is 29.4 Å². The first-order valence-electron chi connectivity index (χ1n) is 13.2. The Bertz CT molecular complexity index is 1420. The van der Waals surface area contributed by atoms with Gasteiger partial charge in [-0.3, -0.25) is 4.79 Å². The van der Waals surface area contributed by atoms with Crippen LogP contribution >= 0.6 is 11.3 Å². The molecule has 9 heteroatoms. The van der Waals surface area contributed by atoms with E-state index >= 15 is 0 Å². The Balaban J connectivity index is 1.54. The van der Waals surface area contributed by atoms with Gasteiger partial charge in [-0.15, -0.1) is 11.3 Å². The molecule has 0 spiro atoms. The summed E-state index contributed by atoms with van der Waals surface area (Å²) in [5.74, 6) is 0.830. The van der Waals surface area contributed by atoms with Crippen molar-refractivity contribution in [3.63, 3.8) is 0 Å². The highest BCUT2D eigenvalue weighted by Gasteiger charge is 2.38. The molecular formula is C31H36N4O4S. The van der Waals surface area contributed by atoms with Crippen LogP contribution in [0.25, 0.3) is 5.76 Å². The van der Waals surface area contributed by atoms with Crippen LogP contribution in [-0.2, 0) is 22.4 Å². The molecule has 2 amide bonds. The zero-order valence-electron chi connectivity index (χ0n) is 23.9. The van der Waals surface area contributed by atoms with Gasteiger partial charge < -0.3 is 19.7 Å². The van der Waals surface area contributed by atoms with E-state index in [0.717, 1.165) is 21.8 Å². The van der Waals surface area contributed by atoms with Crippen LogP contribution < -0.4 is 5.32 Å². The Morgan fingerprint density at radius 1 is 1.10 bits per heavy atom. The number of hydrogen-bond donors (Lipinski definition) is 1. The summed E-state index contributed by atoms with van der Waals surface area (Å²) in [6.45, 7) is 10.1. The molecule has 210 valence electrons. The summed E-state index contributed by atoms with van der Waals surface area (Å²) in [5.41, 5.74) is 1.60. The first kappa shape index (κ1) is 29.0. The van der Waals surface area contributed by atoms with Gasteiger partial charge in [0.25, 0.3) is 5.91 Å². The van der Waals surface area contributed by atoms with Crippen molar-refractivity contribution in [1.29, 1.82) is 0 Å². The van der Waals surface area contributed by atoms with Gasteiger partial charge in [0.1, 0.15) is 21.9 Å². The van der Waals surface area contributed by atoms with E-state index in [-0.39, 0.29) is 5.91 Å². The van der Waals surface area contributed by atoms with E-state index in [0.29, 0.717) is 36.7 Å². The molecule has 1 N–H and O–H groups in total. The Morgan fingerprint density at radius 3 is 2.52 bits per heavy atom. The Labute approximate surface area is 239 Å². The monoisotopic (exact) mass is 560 g/mol. The molecule has 0 radical (unpaired) electrons. The molecule has 1 unspecified atom stereocenters. The summed E-state index contributed by atoms with van der Waals surface area (Å²) in [5, 5.41) is 5.86. The average Bonchev–Trinajstić information content (AvgIpc) is 3.32. The number of thiazole rings is 1. The van der Waals surface area contributed by atoms with Crippen molar-refractivity contribution < 1.29 is 19.1 Å². The van der Waals surface area contributed by atoms with Crippen LogP contribution in [0.2, 0.25) is 0 Å². The first-order valence-corrected chi connectivity index (χ1v) is 14.0. The molecule has 1 aromatic heterocycles. The van der Waals surface area contributed by atoms with Gasteiger partial charge in [0.05, 0.1) is 13.1 Å². The minimum absolute atomic E-state index is 0.111. The minimum Gasteiger partial charge on any atom is -0.444 e. The van der Waals surface area contributed by atoms with E-state index in [4.69, 9.17) is 9.47 Å². The van der Waals surface area contributed by atoms with Crippen LogP contribution in [0.15, 0.2) is 71.0 Å². The van der Waals surface area contributed by atoms with Crippen LogP contribution in [0.3, 0.4) is 0 Å². The zero-order chi connectivity index (χ0) is 28.9. The average molecular weight is 561 g/mol. The molecule has 3 aromatic rings. The fraction of sp³-hybridized carbons (Fsp3) is 0.355. The van der Waals surface area contributed by atoms with E-state index < -0.39 is 17.2 Å². The molecule has 0 bridgehead atoms. The lowest BCUT2D eigenvalue weighted by molar-refractivity contribution is 0.0484. The number of aromatic nitrogens is 1. The maximum Gasteiger partial charge on any atom is 0.408 e. The number of ether oxygens (including phenoxy) is 2. The third-order valence-corrected chi connectivity index (χ3v) is 7.10. The maximum atomic E-state index is 13.2. The number of benzene rings is 2. The van der Waals surface area contributed by atoms with Gasteiger partial charge in [0.2, 0.25) is 5.90 Å². The summed E-state index contributed by atoms with van der Waals surface area (Å²) in [6, 6.07) is 17.2. The molecule has 1 atom stereocenters. The topological polar surface area (TPSA) is 93.1 Å². The molecule has 0 fully saturated rings. The number of aryl methyl sites for hydroxylation is 1. The third kappa shape index (κ3) is 7.57. The number of rotatable bonds is 8. The van der Waals surface area contributed by atoms with E-state index in [2.05, 4.69) is 15.3 Å². The molecule has 0 saturated carbocycles. The summed E-state index contributed by atoms with van der Waals surface area (Å²) in [6.07, 6.45) is 1.75. The second-order valence-electron chi connectivity index (χ2n) is 11.1. The fourth-order valence-electron chi connectivity index (χ4n) is 4.34. The molecule has 2 heterocycles. The third-order valence-electron chi connectivity index (χ3n) is 6.15. The highest BCUT2D eigenvalue weighted by Crippen LogP contribution is 2.27. The van der Waals surface area contributed by atoms with Gasteiger partial charge in [0.15, 0.2) is 0 Å². The Hall–Kier alpha value is -3.98. The SMILES string of the molecule is Cc1csc(CN(C)C(=O)c2cccc(C3=CCN=C(C(C)(Cc4ccccc4)NC(=O)OC(C)(C)C)O3)c2)n1. The molecule has 1 aliphatic heterocycles. The number of carbonyl (C=O) groups is 2. The Morgan fingerprint density at radius 2 is 1.85 bits per heavy atom. The number of nitrogens with one attached hydrogen (secondary N) is 1. The minimum atomic E-state index is -0.983. The molecular weight excluding hydrogens is 524 g/mol. The van der Waals surface area contributed by atoms with Gasteiger partial charge in [-0.2, -0.15) is 0 Å². The van der Waals surface area contributed by atoms with E-state index in [9.17, 15) is 9.59 Å². The van der Waals surface area contributed by atoms with Crippen molar-refractivity contribution in [2.24, 2.45) is 4.99 Å².